The summed E-state index contributed by atoms with van der Waals surface area (Å²) in [6.45, 7) is 7.84. The number of nitrogens with zero attached hydrogens (tertiary/aromatic N) is 3. The van der Waals surface area contributed by atoms with Crippen LogP contribution in [0.4, 0.5) is 0 Å². The molecule has 0 heterocycles. The van der Waals surface area contributed by atoms with E-state index in [1.165, 1.54) is 0 Å². The van der Waals surface area contributed by atoms with E-state index in [-0.39, 0.29) is 0 Å². The number of hydrogen-bond donors (Lipinski definition) is 1. The molecule has 0 radical (unpaired) electrons. The third-order valence-corrected chi connectivity index (χ3v) is 0.692. The van der Waals surface area contributed by atoms with Gasteiger partial charge < -0.3 is 0 Å². The second-order valence-electron chi connectivity index (χ2n) is 1.63. The highest BCUT2D eigenvalue weighted by Gasteiger charge is 1.89. The molecule has 4 heteroatoms. The molecule has 0 fully saturated rings. The van der Waals surface area contributed by atoms with Crippen LogP contribution in [0.2, 0.25) is 0 Å². The minimum atomic E-state index is 0.640. The number of rotatable bonds is 3. The molecule has 0 aromatic carbocycles. The van der Waals surface area contributed by atoms with Crippen LogP contribution in [0.5, 0.6) is 0 Å². The van der Waals surface area contributed by atoms with Gasteiger partial charge in [0.1, 0.15) is 0 Å². The van der Waals surface area contributed by atoms with Gasteiger partial charge in [-0.2, -0.15) is 10.2 Å². The molecule has 0 unspecified atom stereocenters. The van der Waals surface area contributed by atoms with Gasteiger partial charge in [-0.3, -0.25) is 0 Å². The Morgan fingerprint density at radius 3 is 2.67 bits per heavy atom. The first-order valence-electron chi connectivity index (χ1n) is 2.76. The molecule has 0 spiro atoms. The first-order chi connectivity index (χ1) is 4.18. The Balaban J connectivity index is 3.62. The van der Waals surface area contributed by atoms with Gasteiger partial charge in [-0.15, -0.1) is 0 Å². The SMILES string of the molecule is C=C(C)N(N)N=NCC. The molecule has 0 aliphatic rings. The van der Waals surface area contributed by atoms with E-state index < -0.39 is 0 Å². The molecule has 0 rings (SSSR count). The van der Waals surface area contributed by atoms with Crippen molar-refractivity contribution in [3.05, 3.63) is 12.3 Å². The molecule has 0 aromatic heterocycles. The predicted octanol–water partition coefficient (Wildman–Crippen LogP) is 1.08. The normalized spacial score (nSPS) is 10.1. The van der Waals surface area contributed by atoms with E-state index in [4.69, 9.17) is 5.84 Å². The fourth-order valence-electron chi connectivity index (χ4n) is 0.208. The Bertz CT molecular complexity index is 118. The minimum Gasteiger partial charge on any atom is -0.225 e. The van der Waals surface area contributed by atoms with Crippen molar-refractivity contribution in [1.82, 2.24) is 5.12 Å². The molecule has 0 saturated heterocycles. The summed E-state index contributed by atoms with van der Waals surface area (Å²) in [5.41, 5.74) is 0.673. The first-order valence-corrected chi connectivity index (χ1v) is 2.76. The largest absolute Gasteiger partial charge is 0.225 e. The van der Waals surface area contributed by atoms with E-state index in [2.05, 4.69) is 16.9 Å². The van der Waals surface area contributed by atoms with E-state index in [1.54, 1.807) is 6.92 Å². The van der Waals surface area contributed by atoms with Crippen LogP contribution in [0.15, 0.2) is 22.6 Å². The Kier molecular flexibility index (Phi) is 3.62. The molecule has 4 nitrogen and oxygen atoms in total. The fraction of sp³-hybridized carbons (Fsp3) is 0.600. The van der Waals surface area contributed by atoms with Crippen LogP contribution in [-0.2, 0) is 0 Å². The van der Waals surface area contributed by atoms with Crippen molar-refractivity contribution in [2.75, 3.05) is 6.54 Å². The quantitative estimate of drug-likeness (QED) is 0.351. The number of hydrogen-bond acceptors (Lipinski definition) is 3. The summed E-state index contributed by atoms with van der Waals surface area (Å²) in [5, 5.41) is 8.38. The molecule has 0 saturated carbocycles. The van der Waals surface area contributed by atoms with Crippen molar-refractivity contribution in [1.29, 1.82) is 0 Å². The standard InChI is InChI=1S/C5H12N4/c1-4-7-8-9(6)5(2)3/h2,4,6H2,1,3H3. The highest BCUT2D eigenvalue weighted by molar-refractivity contribution is 4.81. The molecule has 0 amide bonds. The van der Waals surface area contributed by atoms with Crippen molar-refractivity contribution in [2.24, 2.45) is 16.2 Å². The Morgan fingerprint density at radius 1 is 1.78 bits per heavy atom. The number of hydrazine groups is 1. The van der Waals surface area contributed by atoms with Crippen LogP contribution in [0.1, 0.15) is 13.8 Å². The van der Waals surface area contributed by atoms with Gasteiger partial charge in [-0.1, -0.05) is 11.8 Å². The van der Waals surface area contributed by atoms with E-state index in [9.17, 15) is 0 Å². The molecule has 52 valence electrons. The Hall–Kier alpha value is -0.900. The maximum Gasteiger partial charge on any atom is 0.0592 e. The summed E-state index contributed by atoms with van der Waals surface area (Å²) < 4.78 is 0. The zero-order valence-corrected chi connectivity index (χ0v) is 5.83. The summed E-state index contributed by atoms with van der Waals surface area (Å²) >= 11 is 0. The van der Waals surface area contributed by atoms with Gasteiger partial charge in [-0.05, 0) is 13.8 Å². The van der Waals surface area contributed by atoms with E-state index in [1.807, 2.05) is 6.92 Å². The van der Waals surface area contributed by atoms with Crippen molar-refractivity contribution in [3.8, 4) is 0 Å². The Labute approximate surface area is 55.0 Å². The minimum absolute atomic E-state index is 0.640. The summed E-state index contributed by atoms with van der Waals surface area (Å²) in [7, 11) is 0. The molecular weight excluding hydrogens is 116 g/mol. The monoisotopic (exact) mass is 128 g/mol. The maximum atomic E-state index is 5.28. The topological polar surface area (TPSA) is 54.0 Å². The van der Waals surface area contributed by atoms with E-state index >= 15 is 0 Å². The zero-order chi connectivity index (χ0) is 7.28. The van der Waals surface area contributed by atoms with Crippen LogP contribution in [-0.4, -0.2) is 11.7 Å². The third kappa shape index (κ3) is 3.66. The zero-order valence-electron chi connectivity index (χ0n) is 5.83. The predicted molar refractivity (Wildman–Crippen MR) is 36.2 cm³/mol. The van der Waals surface area contributed by atoms with E-state index in [0.29, 0.717) is 12.2 Å². The lowest BCUT2D eigenvalue weighted by Crippen LogP contribution is -2.21. The molecular formula is C5H12N4. The molecule has 0 bridgehead atoms. The van der Waals surface area contributed by atoms with Crippen LogP contribution in [0, 0.1) is 0 Å². The fourth-order valence-corrected chi connectivity index (χ4v) is 0.208. The summed E-state index contributed by atoms with van der Waals surface area (Å²) in [6, 6.07) is 0. The lowest BCUT2D eigenvalue weighted by atomic mass is 10.6. The smallest absolute Gasteiger partial charge is 0.0592 e. The van der Waals surface area contributed by atoms with Gasteiger partial charge >= 0.3 is 0 Å². The van der Waals surface area contributed by atoms with Gasteiger partial charge in [0.15, 0.2) is 0 Å². The van der Waals surface area contributed by atoms with Crippen LogP contribution < -0.4 is 5.84 Å². The summed E-state index contributed by atoms with van der Waals surface area (Å²) in [6.07, 6.45) is 0. The van der Waals surface area contributed by atoms with Gasteiger partial charge in [0, 0.05) is 5.70 Å². The molecule has 0 aliphatic heterocycles. The van der Waals surface area contributed by atoms with Gasteiger partial charge in [-0.25, -0.2) is 5.84 Å². The molecule has 0 atom stereocenters. The lowest BCUT2D eigenvalue weighted by Gasteiger charge is -2.07. The van der Waals surface area contributed by atoms with Crippen molar-refractivity contribution >= 4 is 0 Å². The average molecular weight is 128 g/mol. The third-order valence-electron chi connectivity index (χ3n) is 0.692. The number of allylic oxidation sites excluding steroid dienone is 1. The van der Waals surface area contributed by atoms with Crippen molar-refractivity contribution < 1.29 is 0 Å². The van der Waals surface area contributed by atoms with Crippen molar-refractivity contribution in [3.63, 3.8) is 0 Å². The molecule has 2 N–H and O–H groups in total. The molecule has 0 aliphatic carbocycles. The van der Waals surface area contributed by atoms with Gasteiger partial charge in [0.25, 0.3) is 0 Å². The van der Waals surface area contributed by atoms with Gasteiger partial charge in [0.2, 0.25) is 0 Å². The first kappa shape index (κ1) is 8.10. The highest BCUT2D eigenvalue weighted by Crippen LogP contribution is 1.92. The summed E-state index contributed by atoms with van der Waals surface area (Å²) in [5.74, 6) is 5.28. The summed E-state index contributed by atoms with van der Waals surface area (Å²) in [4.78, 5) is 0. The Morgan fingerprint density at radius 2 is 2.33 bits per heavy atom. The average Bonchev–Trinajstić information content (AvgIpc) is 1.82. The lowest BCUT2D eigenvalue weighted by molar-refractivity contribution is 0.353. The maximum absolute atomic E-state index is 5.28. The molecule has 9 heavy (non-hydrogen) atoms. The van der Waals surface area contributed by atoms with Crippen LogP contribution in [0.25, 0.3) is 0 Å². The van der Waals surface area contributed by atoms with E-state index in [0.717, 1.165) is 5.12 Å². The van der Waals surface area contributed by atoms with Crippen molar-refractivity contribution in [2.45, 2.75) is 13.8 Å². The highest BCUT2D eigenvalue weighted by atomic mass is 15.7. The molecule has 0 aromatic rings. The van der Waals surface area contributed by atoms with Gasteiger partial charge in [0.05, 0.1) is 6.54 Å². The second kappa shape index (κ2) is 4.03. The number of nitrogens with two attached hydrogens (primary N) is 1. The van der Waals surface area contributed by atoms with Crippen LogP contribution in [0.3, 0.4) is 0 Å². The van der Waals surface area contributed by atoms with Crippen LogP contribution >= 0.6 is 0 Å². The second-order valence-corrected chi connectivity index (χ2v) is 1.63.